The van der Waals surface area contributed by atoms with Crippen molar-refractivity contribution < 1.29 is 9.53 Å². The first-order chi connectivity index (χ1) is 11.0. The molecule has 1 heterocycles. The van der Waals surface area contributed by atoms with Crippen LogP contribution < -0.4 is 0 Å². The lowest BCUT2D eigenvalue weighted by atomic mass is 9.83. The largest absolute Gasteiger partial charge is 0.350 e. The molecule has 1 aliphatic heterocycles. The Kier molecular flexibility index (Phi) is 5.85. The maximum absolute atomic E-state index is 13.2. The Labute approximate surface area is 141 Å². The first-order valence-corrected chi connectivity index (χ1v) is 9.04. The number of nitrogens with zero attached hydrogens (tertiary/aromatic N) is 1. The third-order valence-electron chi connectivity index (χ3n) is 5.12. The number of carbonyl (C=O) groups is 1. The van der Waals surface area contributed by atoms with Crippen LogP contribution in [0.15, 0.2) is 30.3 Å². The zero-order valence-corrected chi connectivity index (χ0v) is 15.2. The van der Waals surface area contributed by atoms with Gasteiger partial charge in [-0.15, -0.1) is 0 Å². The number of amides is 1. The number of hydrogen-bond acceptors (Lipinski definition) is 2. The molecule has 2 rings (SSSR count). The van der Waals surface area contributed by atoms with Crippen LogP contribution in [0, 0.1) is 5.92 Å². The molecule has 1 saturated heterocycles. The molecule has 23 heavy (non-hydrogen) atoms. The Morgan fingerprint density at radius 3 is 2.26 bits per heavy atom. The van der Waals surface area contributed by atoms with Gasteiger partial charge in [0.05, 0.1) is 11.6 Å². The van der Waals surface area contributed by atoms with Crippen molar-refractivity contribution in [1.82, 2.24) is 4.90 Å². The first kappa shape index (κ1) is 18.0. The summed E-state index contributed by atoms with van der Waals surface area (Å²) in [4.78, 5) is 15.2. The molecule has 1 aliphatic rings. The predicted molar refractivity (Wildman–Crippen MR) is 94.3 cm³/mol. The van der Waals surface area contributed by atoms with Crippen LogP contribution in [0.1, 0.15) is 70.7 Å². The second kappa shape index (κ2) is 7.48. The number of hydrogen-bond donors (Lipinski definition) is 0. The van der Waals surface area contributed by atoms with Gasteiger partial charge in [-0.3, -0.25) is 4.79 Å². The summed E-state index contributed by atoms with van der Waals surface area (Å²) in [6.45, 7) is 10.9. The summed E-state index contributed by atoms with van der Waals surface area (Å²) >= 11 is 0. The lowest BCUT2D eigenvalue weighted by Gasteiger charge is -2.36. The molecule has 0 N–H and O–H groups in total. The summed E-state index contributed by atoms with van der Waals surface area (Å²) < 4.78 is 6.47. The van der Waals surface area contributed by atoms with E-state index in [9.17, 15) is 4.79 Å². The first-order valence-electron chi connectivity index (χ1n) is 9.04. The van der Waals surface area contributed by atoms with E-state index in [0.29, 0.717) is 5.92 Å². The van der Waals surface area contributed by atoms with Crippen LogP contribution in [0.5, 0.6) is 0 Å². The fraction of sp³-hybridized carbons (Fsp3) is 0.650. The third kappa shape index (κ3) is 3.45. The summed E-state index contributed by atoms with van der Waals surface area (Å²) in [6.07, 6.45) is 3.57. The van der Waals surface area contributed by atoms with E-state index in [2.05, 4.69) is 34.6 Å². The summed E-state index contributed by atoms with van der Waals surface area (Å²) in [5, 5.41) is 0. The van der Waals surface area contributed by atoms with Crippen molar-refractivity contribution in [2.75, 3.05) is 0 Å². The van der Waals surface area contributed by atoms with Crippen molar-refractivity contribution >= 4 is 5.91 Å². The van der Waals surface area contributed by atoms with Gasteiger partial charge in [0.25, 0.3) is 5.91 Å². The molecule has 0 aliphatic carbocycles. The van der Waals surface area contributed by atoms with Crippen molar-refractivity contribution in [1.29, 1.82) is 0 Å². The fourth-order valence-corrected chi connectivity index (χ4v) is 3.81. The lowest BCUT2D eigenvalue weighted by molar-refractivity contribution is -0.0632. The van der Waals surface area contributed by atoms with Crippen LogP contribution in [0.2, 0.25) is 0 Å². The van der Waals surface area contributed by atoms with Crippen molar-refractivity contribution in [2.45, 2.75) is 78.2 Å². The minimum atomic E-state index is -0.213. The molecule has 0 saturated carbocycles. The number of rotatable bonds is 6. The van der Waals surface area contributed by atoms with Crippen molar-refractivity contribution in [2.24, 2.45) is 5.92 Å². The topological polar surface area (TPSA) is 29.5 Å². The second-order valence-electron chi connectivity index (χ2n) is 6.98. The highest BCUT2D eigenvalue weighted by molar-refractivity contribution is 5.94. The second-order valence-corrected chi connectivity index (χ2v) is 6.98. The van der Waals surface area contributed by atoms with E-state index in [1.54, 1.807) is 0 Å². The smallest absolute Gasteiger partial charge is 0.256 e. The zero-order chi connectivity index (χ0) is 17.0. The predicted octanol–water partition coefficient (Wildman–Crippen LogP) is 4.87. The molecule has 1 amide bonds. The Hall–Kier alpha value is -1.35. The summed E-state index contributed by atoms with van der Waals surface area (Å²) in [5.74, 6) is 0.634. The molecule has 0 spiro atoms. The molecule has 0 aromatic heterocycles. The van der Waals surface area contributed by atoms with E-state index in [4.69, 9.17) is 4.74 Å². The highest BCUT2D eigenvalue weighted by Crippen LogP contribution is 2.42. The van der Waals surface area contributed by atoms with E-state index in [0.717, 1.165) is 31.2 Å². The van der Waals surface area contributed by atoms with Crippen LogP contribution in [-0.2, 0) is 4.74 Å². The van der Waals surface area contributed by atoms with Gasteiger partial charge < -0.3 is 9.64 Å². The van der Waals surface area contributed by atoms with Gasteiger partial charge in [-0.05, 0) is 43.7 Å². The molecule has 1 unspecified atom stereocenters. The van der Waals surface area contributed by atoms with Gasteiger partial charge in [-0.1, -0.05) is 52.8 Å². The summed E-state index contributed by atoms with van der Waals surface area (Å²) in [5.41, 5.74) is 0.543. The molecule has 2 atom stereocenters. The Bertz CT molecular complexity index is 508. The maximum Gasteiger partial charge on any atom is 0.256 e. The van der Waals surface area contributed by atoms with Crippen molar-refractivity contribution in [3.63, 3.8) is 0 Å². The average molecular weight is 317 g/mol. The molecule has 0 bridgehead atoms. The fourth-order valence-electron chi connectivity index (χ4n) is 3.81. The molecule has 0 radical (unpaired) electrons. The number of carbonyl (C=O) groups excluding carboxylic acids is 1. The van der Waals surface area contributed by atoms with Crippen LogP contribution in [-0.4, -0.2) is 28.7 Å². The van der Waals surface area contributed by atoms with E-state index in [-0.39, 0.29) is 23.8 Å². The Morgan fingerprint density at radius 2 is 1.78 bits per heavy atom. The van der Waals surface area contributed by atoms with Gasteiger partial charge in [-0.25, -0.2) is 0 Å². The monoisotopic (exact) mass is 317 g/mol. The van der Waals surface area contributed by atoms with Gasteiger partial charge in [0.2, 0.25) is 0 Å². The molecule has 3 heteroatoms. The number of ether oxygens (including phenoxy) is 1. The van der Waals surface area contributed by atoms with Gasteiger partial charge in [0, 0.05) is 5.56 Å². The zero-order valence-electron chi connectivity index (χ0n) is 15.2. The lowest BCUT2D eigenvalue weighted by Crippen LogP contribution is -2.48. The van der Waals surface area contributed by atoms with Gasteiger partial charge in [0.15, 0.2) is 0 Å². The molecule has 1 aromatic carbocycles. The Balaban J connectivity index is 2.41. The van der Waals surface area contributed by atoms with Gasteiger partial charge in [0.1, 0.15) is 6.23 Å². The number of benzene rings is 1. The SMILES string of the molecule is CCC1OC(CC)(CC)[C@H](CC(C)C)N1C(=O)c1ccccc1. The van der Waals surface area contributed by atoms with Gasteiger partial charge in [-0.2, -0.15) is 0 Å². The minimum Gasteiger partial charge on any atom is -0.350 e. The summed E-state index contributed by atoms with van der Waals surface area (Å²) in [7, 11) is 0. The molecule has 1 aromatic rings. The molecule has 3 nitrogen and oxygen atoms in total. The van der Waals surface area contributed by atoms with E-state index in [1.165, 1.54) is 0 Å². The quantitative estimate of drug-likeness (QED) is 0.749. The van der Waals surface area contributed by atoms with Crippen molar-refractivity contribution in [3.8, 4) is 0 Å². The van der Waals surface area contributed by atoms with E-state index in [1.807, 2.05) is 35.2 Å². The molecule has 1 fully saturated rings. The minimum absolute atomic E-state index is 0.104. The van der Waals surface area contributed by atoms with Crippen molar-refractivity contribution in [3.05, 3.63) is 35.9 Å². The average Bonchev–Trinajstić information content (AvgIpc) is 2.88. The van der Waals surface area contributed by atoms with Crippen LogP contribution >= 0.6 is 0 Å². The highest BCUT2D eigenvalue weighted by Gasteiger charge is 2.52. The maximum atomic E-state index is 13.2. The molecular formula is C20H31NO2. The molecular weight excluding hydrogens is 286 g/mol. The summed E-state index contributed by atoms with van der Waals surface area (Å²) in [6, 6.07) is 9.75. The van der Waals surface area contributed by atoms with E-state index >= 15 is 0 Å². The Morgan fingerprint density at radius 1 is 1.17 bits per heavy atom. The normalized spacial score (nSPS) is 23.5. The van der Waals surface area contributed by atoms with E-state index < -0.39 is 0 Å². The highest BCUT2D eigenvalue weighted by atomic mass is 16.5. The van der Waals surface area contributed by atoms with Gasteiger partial charge >= 0.3 is 0 Å². The molecule has 128 valence electrons. The third-order valence-corrected chi connectivity index (χ3v) is 5.12. The van der Waals surface area contributed by atoms with Crippen LogP contribution in [0.25, 0.3) is 0 Å². The van der Waals surface area contributed by atoms with Crippen LogP contribution in [0.3, 0.4) is 0 Å². The van der Waals surface area contributed by atoms with Crippen LogP contribution in [0.4, 0.5) is 0 Å². The standard InChI is InChI=1S/C20H31NO2/c1-6-18-21(19(22)16-12-10-9-11-13-16)17(14-15(4)5)20(7-2,8-3)23-18/h9-13,15,17-18H,6-8,14H2,1-5H3/t17-,18?/m0/s1.